The Kier molecular flexibility index (Phi) is 3.58. The first-order valence-corrected chi connectivity index (χ1v) is 6.46. The number of imidazole rings is 1. The highest BCUT2D eigenvalue weighted by atomic mass is 35.5. The minimum Gasteiger partial charge on any atom is -0.394 e. The van der Waals surface area contributed by atoms with Gasteiger partial charge in [0.05, 0.1) is 17.6 Å². The summed E-state index contributed by atoms with van der Waals surface area (Å²) >= 11 is 5.93. The van der Waals surface area contributed by atoms with Crippen molar-refractivity contribution < 1.29 is 28.8 Å². The van der Waals surface area contributed by atoms with Crippen molar-refractivity contribution in [3.8, 4) is 0 Å². The molecule has 0 aliphatic carbocycles. The monoisotopic (exact) mass is 320 g/mol. The van der Waals surface area contributed by atoms with E-state index in [0.717, 1.165) is 16.7 Å². The second-order valence-electron chi connectivity index (χ2n) is 4.73. The lowest BCUT2D eigenvalue weighted by molar-refractivity contribution is -0.0507. The Morgan fingerprint density at radius 2 is 1.90 bits per heavy atom. The van der Waals surface area contributed by atoms with Gasteiger partial charge < -0.3 is 20.1 Å². The van der Waals surface area contributed by atoms with Crippen molar-refractivity contribution in [2.24, 2.45) is 0 Å². The Hall–Kier alpha value is -1.32. The lowest BCUT2D eigenvalue weighted by Gasteiger charge is -2.18. The van der Waals surface area contributed by atoms with E-state index in [0.29, 0.717) is 0 Å². The normalized spacial score (nSPS) is 29.4. The minimum absolute atomic E-state index is 0.0802. The van der Waals surface area contributed by atoms with Crippen LogP contribution in [0.1, 0.15) is 6.23 Å². The second kappa shape index (κ2) is 5.15. The number of rotatable bonds is 2. The largest absolute Gasteiger partial charge is 0.394 e. The summed E-state index contributed by atoms with van der Waals surface area (Å²) in [6, 6.07) is 1.74. The van der Waals surface area contributed by atoms with Crippen molar-refractivity contribution in [3.05, 3.63) is 29.1 Å². The van der Waals surface area contributed by atoms with Gasteiger partial charge in [-0.2, -0.15) is 0 Å². The molecule has 3 rings (SSSR count). The molecule has 0 amide bonds. The second-order valence-corrected chi connectivity index (χ2v) is 5.07. The molecule has 0 radical (unpaired) electrons. The number of aliphatic hydroxyl groups excluding tert-OH is 3. The zero-order chi connectivity index (χ0) is 15.3. The molecule has 0 spiro atoms. The molecule has 1 fully saturated rings. The van der Waals surface area contributed by atoms with Gasteiger partial charge in [-0.1, -0.05) is 0 Å². The molecule has 1 unspecified atom stereocenters. The summed E-state index contributed by atoms with van der Waals surface area (Å²) in [4.78, 5) is 3.86. The standard InChI is InChI=1S/C12H11ClF2N2O4/c13-12-16-6-1-4(14)5(15)2-7(6)17(12)11-10(20)9(19)8(3-18)21-11/h1-2,8-11,18-20H,3H2/t8-,9-,10-,11?/m1/s1. The van der Waals surface area contributed by atoms with Gasteiger partial charge in [0, 0.05) is 12.1 Å². The molecule has 1 saturated heterocycles. The van der Waals surface area contributed by atoms with E-state index in [1.807, 2.05) is 0 Å². The third-order valence-electron chi connectivity index (χ3n) is 3.46. The van der Waals surface area contributed by atoms with Crippen LogP contribution in [0.25, 0.3) is 11.0 Å². The number of benzene rings is 1. The van der Waals surface area contributed by atoms with E-state index in [1.165, 1.54) is 0 Å². The van der Waals surface area contributed by atoms with Crippen molar-refractivity contribution in [1.82, 2.24) is 9.55 Å². The van der Waals surface area contributed by atoms with E-state index in [4.69, 9.17) is 21.4 Å². The molecule has 1 aromatic heterocycles. The van der Waals surface area contributed by atoms with E-state index in [-0.39, 0.29) is 16.3 Å². The maximum Gasteiger partial charge on any atom is 0.206 e. The van der Waals surface area contributed by atoms with Crippen LogP contribution in [0.5, 0.6) is 0 Å². The summed E-state index contributed by atoms with van der Waals surface area (Å²) in [5.74, 6) is -2.18. The molecule has 114 valence electrons. The molecule has 3 N–H and O–H groups in total. The van der Waals surface area contributed by atoms with Crippen LogP contribution in [-0.2, 0) is 4.74 Å². The van der Waals surface area contributed by atoms with Gasteiger partial charge in [0.1, 0.15) is 18.3 Å². The van der Waals surface area contributed by atoms with Gasteiger partial charge >= 0.3 is 0 Å². The van der Waals surface area contributed by atoms with Crippen LogP contribution < -0.4 is 0 Å². The van der Waals surface area contributed by atoms with Crippen molar-refractivity contribution >= 4 is 22.6 Å². The molecule has 2 heterocycles. The Balaban J connectivity index is 2.12. The van der Waals surface area contributed by atoms with Crippen LogP contribution >= 0.6 is 11.6 Å². The van der Waals surface area contributed by atoms with Gasteiger partial charge in [0.25, 0.3) is 0 Å². The summed E-state index contributed by atoms with van der Waals surface area (Å²) in [6.45, 7) is -0.512. The van der Waals surface area contributed by atoms with E-state index in [1.54, 1.807) is 0 Å². The van der Waals surface area contributed by atoms with Crippen molar-refractivity contribution in [1.29, 1.82) is 0 Å². The van der Waals surface area contributed by atoms with E-state index < -0.39 is 42.8 Å². The summed E-state index contributed by atoms with van der Waals surface area (Å²) < 4.78 is 33.0. The molecule has 1 aliphatic rings. The predicted molar refractivity (Wildman–Crippen MR) is 67.7 cm³/mol. The Bertz CT molecular complexity index is 695. The molecule has 2 aromatic rings. The average Bonchev–Trinajstić information content (AvgIpc) is 2.89. The smallest absolute Gasteiger partial charge is 0.206 e. The fourth-order valence-electron chi connectivity index (χ4n) is 2.40. The van der Waals surface area contributed by atoms with Crippen LogP contribution in [0, 0.1) is 11.6 Å². The maximum atomic E-state index is 13.4. The molecule has 1 aromatic carbocycles. The molecule has 1 aliphatic heterocycles. The summed E-state index contributed by atoms with van der Waals surface area (Å²) in [7, 11) is 0. The number of halogens is 3. The maximum absolute atomic E-state index is 13.4. The van der Waals surface area contributed by atoms with Crippen molar-refractivity contribution in [2.45, 2.75) is 24.5 Å². The molecular formula is C12H11ClF2N2O4. The zero-order valence-electron chi connectivity index (χ0n) is 10.4. The van der Waals surface area contributed by atoms with Crippen LogP contribution in [0.3, 0.4) is 0 Å². The average molecular weight is 321 g/mol. The molecule has 0 saturated carbocycles. The van der Waals surface area contributed by atoms with Gasteiger partial charge in [0.15, 0.2) is 17.9 Å². The zero-order valence-corrected chi connectivity index (χ0v) is 11.2. The Labute approximate surface area is 122 Å². The quantitative estimate of drug-likeness (QED) is 0.753. The molecule has 4 atom stereocenters. The number of ether oxygens (including phenoxy) is 1. The molecule has 21 heavy (non-hydrogen) atoms. The molecule has 6 nitrogen and oxygen atoms in total. The highest BCUT2D eigenvalue weighted by Gasteiger charge is 2.44. The molecular weight excluding hydrogens is 310 g/mol. The SMILES string of the molecule is OC[C@H]1OC(n2c(Cl)nc3cc(F)c(F)cc32)[C@H](O)[C@@H]1O. The summed E-state index contributed by atoms with van der Waals surface area (Å²) in [5.41, 5.74) is 0.186. The Morgan fingerprint density at radius 3 is 2.52 bits per heavy atom. The number of aliphatic hydroxyl groups is 3. The minimum atomic E-state index is -1.40. The first-order valence-electron chi connectivity index (χ1n) is 6.09. The fourth-order valence-corrected chi connectivity index (χ4v) is 2.67. The van der Waals surface area contributed by atoms with Crippen LogP contribution in [0.2, 0.25) is 5.28 Å². The van der Waals surface area contributed by atoms with E-state index >= 15 is 0 Å². The highest BCUT2D eigenvalue weighted by Crippen LogP contribution is 2.35. The molecule has 0 bridgehead atoms. The van der Waals surface area contributed by atoms with Crippen molar-refractivity contribution in [2.75, 3.05) is 6.61 Å². The Morgan fingerprint density at radius 1 is 1.24 bits per heavy atom. The third kappa shape index (κ3) is 2.19. The molecule has 9 heteroatoms. The van der Waals surface area contributed by atoms with Crippen LogP contribution in [-0.4, -0.2) is 49.8 Å². The van der Waals surface area contributed by atoms with Gasteiger partial charge in [-0.05, 0) is 11.6 Å². The number of aromatic nitrogens is 2. The first kappa shape index (κ1) is 14.6. The van der Waals surface area contributed by atoms with E-state index in [9.17, 15) is 19.0 Å². The number of fused-ring (bicyclic) bond motifs is 1. The number of hydrogen-bond acceptors (Lipinski definition) is 5. The third-order valence-corrected chi connectivity index (χ3v) is 3.73. The van der Waals surface area contributed by atoms with Crippen molar-refractivity contribution in [3.63, 3.8) is 0 Å². The predicted octanol–water partition coefficient (Wildman–Crippen LogP) is 0.579. The van der Waals surface area contributed by atoms with E-state index in [2.05, 4.69) is 4.98 Å². The van der Waals surface area contributed by atoms with Gasteiger partial charge in [0.2, 0.25) is 5.28 Å². The first-order chi connectivity index (χ1) is 9.93. The van der Waals surface area contributed by atoms with Gasteiger partial charge in [-0.15, -0.1) is 0 Å². The highest BCUT2D eigenvalue weighted by molar-refractivity contribution is 6.29. The number of nitrogens with zero attached hydrogens (tertiary/aromatic N) is 2. The summed E-state index contributed by atoms with van der Waals surface area (Å²) in [5, 5.41) is 28.6. The topological polar surface area (TPSA) is 87.7 Å². The van der Waals surface area contributed by atoms with Gasteiger partial charge in [-0.3, -0.25) is 4.57 Å². The number of hydrogen-bond donors (Lipinski definition) is 3. The van der Waals surface area contributed by atoms with Crippen LogP contribution in [0.15, 0.2) is 12.1 Å². The lowest BCUT2D eigenvalue weighted by atomic mass is 10.1. The summed E-state index contributed by atoms with van der Waals surface area (Å²) in [6.07, 6.45) is -4.91. The van der Waals surface area contributed by atoms with Crippen LogP contribution in [0.4, 0.5) is 8.78 Å². The fraction of sp³-hybridized carbons (Fsp3) is 0.417. The van der Waals surface area contributed by atoms with Gasteiger partial charge in [-0.25, -0.2) is 13.8 Å². The lowest BCUT2D eigenvalue weighted by Crippen LogP contribution is -2.33.